The predicted molar refractivity (Wildman–Crippen MR) is 81.4 cm³/mol. The summed E-state index contributed by atoms with van der Waals surface area (Å²) in [5.41, 5.74) is 1.92. The van der Waals surface area contributed by atoms with Crippen LogP contribution >= 0.6 is 0 Å². The normalized spacial score (nSPS) is 21.1. The van der Waals surface area contributed by atoms with Crippen molar-refractivity contribution in [2.24, 2.45) is 0 Å². The van der Waals surface area contributed by atoms with E-state index in [2.05, 4.69) is 5.32 Å². The van der Waals surface area contributed by atoms with Crippen molar-refractivity contribution < 1.29 is 8.42 Å². The number of likely N-dealkylation sites (N-methyl/N-ethyl adjacent to an activating group) is 1. The molecule has 1 unspecified atom stereocenters. The summed E-state index contributed by atoms with van der Waals surface area (Å²) in [6.45, 7) is 5.19. The molecule has 0 spiro atoms. The Morgan fingerprint density at radius 1 is 1.30 bits per heavy atom. The minimum Gasteiger partial charge on any atom is -0.318 e. The fourth-order valence-electron chi connectivity index (χ4n) is 2.95. The van der Waals surface area contributed by atoms with E-state index in [4.69, 9.17) is 0 Å². The molecule has 5 heteroatoms. The molecule has 1 atom stereocenters. The summed E-state index contributed by atoms with van der Waals surface area (Å²) in [4.78, 5) is 0.450. The average molecular weight is 296 g/mol. The van der Waals surface area contributed by atoms with Gasteiger partial charge in [-0.05, 0) is 45.4 Å². The lowest BCUT2D eigenvalue weighted by Gasteiger charge is -2.35. The highest BCUT2D eigenvalue weighted by Gasteiger charge is 2.33. The molecule has 0 radical (unpaired) electrons. The molecule has 0 aliphatic carbocycles. The number of nitrogens with one attached hydrogen (secondary N) is 1. The van der Waals surface area contributed by atoms with Gasteiger partial charge in [0.1, 0.15) is 0 Å². The number of benzene rings is 1. The average Bonchev–Trinajstić information content (AvgIpc) is 2.39. The van der Waals surface area contributed by atoms with E-state index in [9.17, 15) is 8.42 Å². The minimum absolute atomic E-state index is 0.0689. The molecule has 1 aliphatic heterocycles. The van der Waals surface area contributed by atoms with Crippen molar-refractivity contribution in [2.75, 3.05) is 20.1 Å². The number of rotatable bonds is 4. The second kappa shape index (κ2) is 6.24. The lowest BCUT2D eigenvalue weighted by Crippen LogP contribution is -2.48. The summed E-state index contributed by atoms with van der Waals surface area (Å²) >= 11 is 0. The molecule has 112 valence electrons. The van der Waals surface area contributed by atoms with Gasteiger partial charge in [-0.15, -0.1) is 0 Å². The Bertz CT molecular complexity index is 567. The van der Waals surface area contributed by atoms with Gasteiger partial charge in [-0.1, -0.05) is 24.1 Å². The van der Waals surface area contributed by atoms with E-state index in [1.807, 2.05) is 33.0 Å². The highest BCUT2D eigenvalue weighted by molar-refractivity contribution is 7.89. The zero-order valence-corrected chi connectivity index (χ0v) is 13.3. The van der Waals surface area contributed by atoms with Gasteiger partial charge >= 0.3 is 0 Å². The van der Waals surface area contributed by atoms with E-state index < -0.39 is 10.0 Å². The van der Waals surface area contributed by atoms with E-state index in [0.717, 1.165) is 30.4 Å². The summed E-state index contributed by atoms with van der Waals surface area (Å²) < 4.78 is 27.5. The van der Waals surface area contributed by atoms with Crippen LogP contribution < -0.4 is 5.32 Å². The number of hydrogen-bond acceptors (Lipinski definition) is 3. The summed E-state index contributed by atoms with van der Waals surface area (Å²) in [6, 6.07) is 5.62. The van der Waals surface area contributed by atoms with Crippen LogP contribution in [-0.2, 0) is 10.0 Å². The number of hydrogen-bond donors (Lipinski definition) is 1. The molecule has 1 aliphatic rings. The third kappa shape index (κ3) is 3.05. The third-order valence-electron chi connectivity index (χ3n) is 3.93. The fourth-order valence-corrected chi connectivity index (χ4v) is 4.85. The van der Waals surface area contributed by atoms with Crippen LogP contribution in [0.4, 0.5) is 0 Å². The quantitative estimate of drug-likeness (QED) is 0.925. The van der Waals surface area contributed by atoms with Gasteiger partial charge in [0.15, 0.2) is 0 Å². The maximum Gasteiger partial charge on any atom is 0.243 e. The van der Waals surface area contributed by atoms with Crippen molar-refractivity contribution in [3.63, 3.8) is 0 Å². The maximum atomic E-state index is 12.9. The van der Waals surface area contributed by atoms with Gasteiger partial charge in [0.25, 0.3) is 0 Å². The first kappa shape index (κ1) is 15.5. The Morgan fingerprint density at radius 3 is 2.70 bits per heavy atom. The van der Waals surface area contributed by atoms with Gasteiger partial charge in [-0.3, -0.25) is 0 Å². The lowest BCUT2D eigenvalue weighted by molar-refractivity contribution is 0.249. The largest absolute Gasteiger partial charge is 0.318 e. The second-order valence-electron chi connectivity index (χ2n) is 5.59. The molecule has 1 aromatic rings. The van der Waals surface area contributed by atoms with Gasteiger partial charge < -0.3 is 5.32 Å². The van der Waals surface area contributed by atoms with Gasteiger partial charge in [0.05, 0.1) is 4.90 Å². The van der Waals surface area contributed by atoms with Crippen LogP contribution in [0.2, 0.25) is 0 Å². The number of aryl methyl sites for hydroxylation is 2. The van der Waals surface area contributed by atoms with Crippen molar-refractivity contribution in [2.45, 2.75) is 44.0 Å². The topological polar surface area (TPSA) is 49.4 Å². The summed E-state index contributed by atoms with van der Waals surface area (Å²) in [5, 5.41) is 3.11. The summed E-state index contributed by atoms with van der Waals surface area (Å²) in [7, 11) is -1.52. The zero-order chi connectivity index (χ0) is 14.8. The molecule has 20 heavy (non-hydrogen) atoms. The van der Waals surface area contributed by atoms with Crippen LogP contribution in [0.3, 0.4) is 0 Å². The van der Waals surface area contributed by atoms with Crippen molar-refractivity contribution in [3.8, 4) is 0 Å². The van der Waals surface area contributed by atoms with Crippen molar-refractivity contribution in [1.29, 1.82) is 0 Å². The first-order valence-corrected chi connectivity index (χ1v) is 8.64. The molecule has 1 N–H and O–H groups in total. The molecule has 0 amide bonds. The monoisotopic (exact) mass is 296 g/mol. The van der Waals surface area contributed by atoms with E-state index in [-0.39, 0.29) is 6.04 Å². The molecular weight excluding hydrogens is 272 g/mol. The summed E-state index contributed by atoms with van der Waals surface area (Å²) in [6.07, 6.45) is 2.99. The molecule has 1 aromatic carbocycles. The van der Waals surface area contributed by atoms with Crippen LogP contribution in [0.15, 0.2) is 23.1 Å². The summed E-state index contributed by atoms with van der Waals surface area (Å²) in [5.74, 6) is 0. The molecule has 4 nitrogen and oxygen atoms in total. The molecule has 2 rings (SSSR count). The third-order valence-corrected chi connectivity index (χ3v) is 6.04. The Hall–Kier alpha value is -0.910. The second-order valence-corrected chi connectivity index (χ2v) is 7.45. The lowest BCUT2D eigenvalue weighted by atomic mass is 10.1. The predicted octanol–water partition coefficient (Wildman–Crippen LogP) is 2.07. The Kier molecular flexibility index (Phi) is 4.83. The highest BCUT2D eigenvalue weighted by atomic mass is 32.2. The number of piperidine rings is 1. The standard InChI is InChI=1S/C15H24N2O2S/c1-12-7-8-15(13(2)10-12)20(18,19)17-9-5-4-6-14(17)11-16-3/h7-8,10,14,16H,4-6,9,11H2,1-3H3. The van der Waals surface area contributed by atoms with E-state index in [1.54, 1.807) is 10.4 Å². The minimum atomic E-state index is -3.39. The first-order valence-electron chi connectivity index (χ1n) is 7.20. The Balaban J connectivity index is 2.37. The van der Waals surface area contributed by atoms with E-state index in [0.29, 0.717) is 18.0 Å². The van der Waals surface area contributed by atoms with E-state index >= 15 is 0 Å². The Morgan fingerprint density at radius 2 is 2.05 bits per heavy atom. The molecule has 1 fully saturated rings. The smallest absolute Gasteiger partial charge is 0.243 e. The van der Waals surface area contributed by atoms with Crippen LogP contribution in [-0.4, -0.2) is 38.9 Å². The van der Waals surface area contributed by atoms with Crippen molar-refractivity contribution >= 4 is 10.0 Å². The van der Waals surface area contributed by atoms with Gasteiger partial charge in [0, 0.05) is 19.1 Å². The van der Waals surface area contributed by atoms with Crippen LogP contribution in [0.25, 0.3) is 0 Å². The maximum absolute atomic E-state index is 12.9. The highest BCUT2D eigenvalue weighted by Crippen LogP contribution is 2.27. The van der Waals surface area contributed by atoms with Gasteiger partial charge in [-0.2, -0.15) is 4.31 Å². The first-order chi connectivity index (χ1) is 9.46. The number of nitrogens with zero attached hydrogens (tertiary/aromatic N) is 1. The van der Waals surface area contributed by atoms with Gasteiger partial charge in [-0.25, -0.2) is 8.42 Å². The molecule has 0 aromatic heterocycles. The number of sulfonamides is 1. The molecule has 1 heterocycles. The molecular formula is C15H24N2O2S. The van der Waals surface area contributed by atoms with Crippen LogP contribution in [0, 0.1) is 13.8 Å². The SMILES string of the molecule is CNCC1CCCCN1S(=O)(=O)c1ccc(C)cc1C. The Labute approximate surface area is 122 Å². The molecule has 0 saturated carbocycles. The van der Waals surface area contributed by atoms with Crippen LogP contribution in [0.5, 0.6) is 0 Å². The van der Waals surface area contributed by atoms with Crippen molar-refractivity contribution in [3.05, 3.63) is 29.3 Å². The molecule has 1 saturated heterocycles. The van der Waals surface area contributed by atoms with Crippen LogP contribution in [0.1, 0.15) is 30.4 Å². The fraction of sp³-hybridized carbons (Fsp3) is 0.600. The zero-order valence-electron chi connectivity index (χ0n) is 12.5. The molecule has 0 bridgehead atoms. The van der Waals surface area contributed by atoms with Crippen molar-refractivity contribution in [1.82, 2.24) is 9.62 Å². The van der Waals surface area contributed by atoms with Gasteiger partial charge in [0.2, 0.25) is 10.0 Å². The van der Waals surface area contributed by atoms with E-state index in [1.165, 1.54) is 0 Å².